The van der Waals surface area contributed by atoms with Gasteiger partial charge in [0, 0.05) is 13.2 Å². The summed E-state index contributed by atoms with van der Waals surface area (Å²) < 4.78 is 38.9. The SMILES string of the molecule is CCCCCCCCCCCCCCCCOCCCOP(=O)(CO[C@H](C)Cn1cnc2c(N)ncnc21)N[C@@H](C)C(=O)OCCCCCC. The average Bonchev–Trinajstić information content (AvgIpc) is 3.51. The molecule has 3 atom stereocenters. The number of nitrogens with two attached hydrogens (primary N) is 1. The number of nitrogen functional groups attached to an aromatic ring is 1. The number of unbranched alkanes of at least 4 members (excludes halogenated alkanes) is 16. The maximum absolute atomic E-state index is 13.9. The highest BCUT2D eigenvalue weighted by molar-refractivity contribution is 7.56. The van der Waals surface area contributed by atoms with Crippen LogP contribution >= 0.6 is 7.52 Å². The van der Waals surface area contributed by atoms with E-state index in [-0.39, 0.29) is 19.1 Å². The Bertz CT molecular complexity index is 1200. The molecule has 0 radical (unpaired) electrons. The van der Waals surface area contributed by atoms with E-state index in [0.717, 1.165) is 38.7 Å². The topological polar surface area (TPSA) is 153 Å². The van der Waals surface area contributed by atoms with Crippen LogP contribution in [-0.4, -0.2) is 70.4 Å². The molecule has 0 aliphatic rings. The van der Waals surface area contributed by atoms with Crippen LogP contribution in [0.4, 0.5) is 5.82 Å². The Balaban J connectivity index is 1.68. The normalized spacial score (nSPS) is 14.2. The molecule has 0 aromatic carbocycles. The highest BCUT2D eigenvalue weighted by Gasteiger charge is 2.30. The first-order valence-corrected chi connectivity index (χ1v) is 21.4. The van der Waals surface area contributed by atoms with Crippen molar-refractivity contribution in [1.82, 2.24) is 24.6 Å². The Morgan fingerprint density at radius 3 is 1.98 bits per heavy atom. The highest BCUT2D eigenvalue weighted by Crippen LogP contribution is 2.43. The number of rotatable bonds is 33. The van der Waals surface area contributed by atoms with Crippen molar-refractivity contribution < 1.29 is 28.1 Å². The van der Waals surface area contributed by atoms with Crippen molar-refractivity contribution in [3.8, 4) is 0 Å². The van der Waals surface area contributed by atoms with Gasteiger partial charge in [-0.25, -0.2) is 20.0 Å². The monoisotopic (exact) mass is 725 g/mol. The first-order valence-electron chi connectivity index (χ1n) is 19.6. The van der Waals surface area contributed by atoms with E-state index in [2.05, 4.69) is 33.9 Å². The molecule has 0 saturated heterocycles. The van der Waals surface area contributed by atoms with Gasteiger partial charge in [-0.05, 0) is 33.1 Å². The van der Waals surface area contributed by atoms with E-state index in [1.807, 2.05) is 11.5 Å². The number of hydrogen-bond acceptors (Lipinski definition) is 10. The minimum Gasteiger partial charge on any atom is -0.465 e. The summed E-state index contributed by atoms with van der Waals surface area (Å²) in [5.41, 5.74) is 7.02. The van der Waals surface area contributed by atoms with Crippen molar-refractivity contribution in [3.63, 3.8) is 0 Å². The standard InChI is InChI=1S/C37H69N6O6P/c1-5-7-9-11-12-13-14-15-16-17-18-19-20-21-24-46-25-23-27-49-50(45,42-33(4)37(44)47-26-22-10-8-6-2)31-48-32(3)28-43-30-41-34-35(38)39-29-40-36(34)43/h29-30,32-33H,5-28,31H2,1-4H3,(H,42,45)(H2,38,39,40)/t32-,33+,50?/m1/s1. The molecule has 0 spiro atoms. The molecule has 50 heavy (non-hydrogen) atoms. The minimum absolute atomic E-state index is 0.210. The number of nitrogens with one attached hydrogen (secondary N) is 1. The summed E-state index contributed by atoms with van der Waals surface area (Å²) in [6.07, 6.45) is 25.6. The lowest BCUT2D eigenvalue weighted by Crippen LogP contribution is -2.35. The highest BCUT2D eigenvalue weighted by atomic mass is 31.2. The summed E-state index contributed by atoms with van der Waals surface area (Å²) in [7, 11) is -3.57. The van der Waals surface area contributed by atoms with Gasteiger partial charge in [0.1, 0.15) is 24.2 Å². The second kappa shape index (κ2) is 27.5. The largest absolute Gasteiger partial charge is 0.465 e. The number of esters is 1. The van der Waals surface area contributed by atoms with Gasteiger partial charge >= 0.3 is 5.97 Å². The molecule has 0 aliphatic heterocycles. The number of hydrogen-bond donors (Lipinski definition) is 2. The predicted octanol–water partition coefficient (Wildman–Crippen LogP) is 8.97. The summed E-state index contributed by atoms with van der Waals surface area (Å²) in [6, 6.07) is -0.820. The number of imidazole rings is 1. The summed E-state index contributed by atoms with van der Waals surface area (Å²) >= 11 is 0. The van der Waals surface area contributed by atoms with Gasteiger partial charge in [0.05, 0.1) is 32.2 Å². The molecule has 0 aliphatic carbocycles. The van der Waals surface area contributed by atoms with Crippen molar-refractivity contribution >= 4 is 30.5 Å². The van der Waals surface area contributed by atoms with E-state index in [1.165, 1.54) is 89.8 Å². The lowest BCUT2D eigenvalue weighted by molar-refractivity contribution is -0.145. The van der Waals surface area contributed by atoms with Gasteiger partial charge < -0.3 is 29.0 Å². The van der Waals surface area contributed by atoms with Crippen LogP contribution in [0.3, 0.4) is 0 Å². The fraction of sp³-hybridized carbons (Fsp3) is 0.838. The number of carbonyl (C=O) groups excluding carboxylic acids is 1. The fourth-order valence-electron chi connectivity index (χ4n) is 5.75. The first-order chi connectivity index (χ1) is 24.3. The molecule has 12 nitrogen and oxygen atoms in total. The fourth-order valence-corrected chi connectivity index (χ4v) is 7.54. The lowest BCUT2D eigenvalue weighted by Gasteiger charge is -2.24. The third-order valence-electron chi connectivity index (χ3n) is 8.77. The number of anilines is 1. The van der Waals surface area contributed by atoms with E-state index in [0.29, 0.717) is 43.2 Å². The number of nitrogens with zero attached hydrogens (tertiary/aromatic N) is 4. The molecule has 0 amide bonds. The average molecular weight is 725 g/mol. The number of ether oxygens (including phenoxy) is 3. The summed E-state index contributed by atoms with van der Waals surface area (Å²) in [6.45, 7) is 10.1. The van der Waals surface area contributed by atoms with Crippen LogP contribution < -0.4 is 10.8 Å². The van der Waals surface area contributed by atoms with E-state index in [4.69, 9.17) is 24.5 Å². The lowest BCUT2D eigenvalue weighted by atomic mass is 10.0. The third kappa shape index (κ3) is 19.5. The first kappa shape index (κ1) is 44.1. The number of fused-ring (bicyclic) bond motifs is 1. The Hall–Kier alpha value is -2.11. The van der Waals surface area contributed by atoms with Crippen molar-refractivity contribution in [2.45, 2.75) is 168 Å². The van der Waals surface area contributed by atoms with Crippen LogP contribution in [-0.2, 0) is 34.6 Å². The predicted molar refractivity (Wildman–Crippen MR) is 202 cm³/mol. The molecular weight excluding hydrogens is 655 g/mol. The van der Waals surface area contributed by atoms with Gasteiger partial charge in [0.25, 0.3) is 7.52 Å². The van der Waals surface area contributed by atoms with Crippen molar-refractivity contribution in [3.05, 3.63) is 12.7 Å². The zero-order chi connectivity index (χ0) is 36.3. The molecule has 0 bridgehead atoms. The van der Waals surface area contributed by atoms with E-state index in [9.17, 15) is 9.36 Å². The Labute approximate surface area is 302 Å². The van der Waals surface area contributed by atoms with Gasteiger partial charge in [-0.2, -0.15) is 0 Å². The second-order valence-corrected chi connectivity index (χ2v) is 15.7. The summed E-state index contributed by atoms with van der Waals surface area (Å²) in [4.78, 5) is 25.2. The molecule has 2 aromatic heterocycles. The van der Waals surface area contributed by atoms with Crippen molar-refractivity contribution in [1.29, 1.82) is 0 Å². The van der Waals surface area contributed by atoms with Crippen LogP contribution in [0.5, 0.6) is 0 Å². The van der Waals surface area contributed by atoms with Crippen LogP contribution in [0.2, 0.25) is 0 Å². The van der Waals surface area contributed by atoms with Crippen molar-refractivity contribution in [2.75, 3.05) is 38.5 Å². The number of aromatic nitrogens is 4. The van der Waals surface area contributed by atoms with E-state index in [1.54, 1.807) is 13.3 Å². The summed E-state index contributed by atoms with van der Waals surface area (Å²) in [5.74, 6) is -0.156. The maximum atomic E-state index is 13.9. The molecule has 1 unspecified atom stereocenters. The van der Waals surface area contributed by atoms with Crippen LogP contribution in [0.1, 0.15) is 150 Å². The Morgan fingerprint density at radius 2 is 1.34 bits per heavy atom. The van der Waals surface area contributed by atoms with Gasteiger partial charge in [-0.15, -0.1) is 0 Å². The molecule has 2 heterocycles. The van der Waals surface area contributed by atoms with Crippen molar-refractivity contribution in [2.24, 2.45) is 0 Å². The molecule has 3 N–H and O–H groups in total. The van der Waals surface area contributed by atoms with Gasteiger partial charge in [-0.1, -0.05) is 117 Å². The molecule has 2 aromatic rings. The molecule has 2 rings (SSSR count). The second-order valence-electron chi connectivity index (χ2n) is 13.6. The van der Waals surface area contributed by atoms with Crippen LogP contribution in [0.25, 0.3) is 11.2 Å². The zero-order valence-electron chi connectivity index (χ0n) is 31.7. The quantitative estimate of drug-likeness (QED) is 0.0412. The van der Waals surface area contributed by atoms with Crippen LogP contribution in [0, 0.1) is 0 Å². The van der Waals surface area contributed by atoms with Crippen LogP contribution in [0.15, 0.2) is 12.7 Å². The molecular formula is C37H69N6O6P. The van der Waals surface area contributed by atoms with E-state index < -0.39 is 19.5 Å². The molecule has 288 valence electrons. The third-order valence-corrected chi connectivity index (χ3v) is 10.6. The smallest absolute Gasteiger partial charge is 0.323 e. The Kier molecular flexibility index (Phi) is 24.3. The molecule has 0 saturated carbocycles. The maximum Gasteiger partial charge on any atom is 0.323 e. The van der Waals surface area contributed by atoms with Gasteiger partial charge in [0.15, 0.2) is 11.5 Å². The number of carbonyl (C=O) groups is 1. The summed E-state index contributed by atoms with van der Waals surface area (Å²) in [5, 5.41) is 2.89. The Morgan fingerprint density at radius 1 is 0.780 bits per heavy atom. The molecule has 0 fully saturated rings. The minimum atomic E-state index is -3.57. The van der Waals surface area contributed by atoms with E-state index >= 15 is 0 Å². The molecule has 13 heteroatoms. The van der Waals surface area contributed by atoms with Gasteiger partial charge in [-0.3, -0.25) is 9.36 Å². The van der Waals surface area contributed by atoms with Gasteiger partial charge in [0.2, 0.25) is 0 Å². The zero-order valence-corrected chi connectivity index (χ0v) is 32.6.